The van der Waals surface area contributed by atoms with E-state index >= 15 is 0 Å². The molecule has 0 spiro atoms. The number of anilines is 1. The van der Waals surface area contributed by atoms with Crippen molar-refractivity contribution in [3.8, 4) is 0 Å². The highest BCUT2D eigenvalue weighted by Crippen LogP contribution is 2.23. The molecule has 9 heteroatoms. The van der Waals surface area contributed by atoms with Gasteiger partial charge in [-0.05, 0) is 37.1 Å². The largest absolute Gasteiger partial charge is 0.368 e. The van der Waals surface area contributed by atoms with Crippen LogP contribution < -0.4 is 4.90 Å². The second-order valence-corrected chi connectivity index (χ2v) is 9.42. The van der Waals surface area contributed by atoms with E-state index in [1.54, 1.807) is 12.1 Å². The third-order valence-electron chi connectivity index (χ3n) is 5.30. The first-order chi connectivity index (χ1) is 12.8. The lowest BCUT2D eigenvalue weighted by molar-refractivity contribution is -0.137. The van der Waals surface area contributed by atoms with Crippen LogP contribution in [0.15, 0.2) is 24.3 Å². The van der Waals surface area contributed by atoms with Crippen molar-refractivity contribution in [2.24, 2.45) is 5.92 Å². The van der Waals surface area contributed by atoms with Gasteiger partial charge in [-0.2, -0.15) is 17.0 Å². The number of carbonyl (C=O) groups is 1. The van der Waals surface area contributed by atoms with Gasteiger partial charge in [0.25, 0.3) is 10.2 Å². The molecule has 3 rings (SSSR count). The SMILES string of the molecule is CN(C)S(=O)(=O)N1CCC[C@@H](C(=O)N2CCN(c3ccc(F)cc3)CC2)C1. The zero-order valence-corrected chi connectivity index (χ0v) is 16.7. The Labute approximate surface area is 160 Å². The summed E-state index contributed by atoms with van der Waals surface area (Å²) in [4.78, 5) is 16.9. The molecule has 1 aromatic carbocycles. The highest BCUT2D eigenvalue weighted by Gasteiger charge is 2.35. The first kappa shape index (κ1) is 20.0. The molecule has 1 amide bonds. The molecule has 1 aromatic rings. The van der Waals surface area contributed by atoms with Crippen LogP contribution in [0.5, 0.6) is 0 Å². The van der Waals surface area contributed by atoms with E-state index in [1.807, 2.05) is 4.90 Å². The Kier molecular flexibility index (Phi) is 6.02. The number of carbonyl (C=O) groups excluding carboxylic acids is 1. The fourth-order valence-corrected chi connectivity index (χ4v) is 4.87. The van der Waals surface area contributed by atoms with Crippen molar-refractivity contribution in [1.29, 1.82) is 0 Å². The summed E-state index contributed by atoms with van der Waals surface area (Å²) in [5.74, 6) is -0.514. The van der Waals surface area contributed by atoms with Crippen LogP contribution in [0.3, 0.4) is 0 Å². The number of hydrogen-bond donors (Lipinski definition) is 0. The molecule has 7 nitrogen and oxygen atoms in total. The van der Waals surface area contributed by atoms with E-state index in [4.69, 9.17) is 0 Å². The maximum atomic E-state index is 13.1. The van der Waals surface area contributed by atoms with Crippen LogP contribution >= 0.6 is 0 Å². The summed E-state index contributed by atoms with van der Waals surface area (Å²) in [7, 11) is -0.470. The van der Waals surface area contributed by atoms with Gasteiger partial charge in [0.1, 0.15) is 5.82 Å². The lowest BCUT2D eigenvalue weighted by atomic mass is 9.97. The quantitative estimate of drug-likeness (QED) is 0.759. The number of amides is 1. The van der Waals surface area contributed by atoms with Gasteiger partial charge in [0.2, 0.25) is 5.91 Å². The maximum absolute atomic E-state index is 13.1. The summed E-state index contributed by atoms with van der Waals surface area (Å²) in [6.07, 6.45) is 1.41. The summed E-state index contributed by atoms with van der Waals surface area (Å²) >= 11 is 0. The first-order valence-corrected chi connectivity index (χ1v) is 10.7. The fourth-order valence-electron chi connectivity index (χ4n) is 3.68. The van der Waals surface area contributed by atoms with E-state index < -0.39 is 10.2 Å². The summed E-state index contributed by atoms with van der Waals surface area (Å²) in [5, 5.41) is 0. The van der Waals surface area contributed by atoms with Gasteiger partial charge in [-0.15, -0.1) is 0 Å². The first-order valence-electron chi connectivity index (χ1n) is 9.26. The van der Waals surface area contributed by atoms with E-state index in [9.17, 15) is 17.6 Å². The molecule has 2 saturated heterocycles. The van der Waals surface area contributed by atoms with Gasteiger partial charge >= 0.3 is 0 Å². The lowest BCUT2D eigenvalue weighted by Crippen LogP contribution is -2.54. The fraction of sp³-hybridized carbons (Fsp3) is 0.611. The van der Waals surface area contributed by atoms with Crippen LogP contribution in [0.4, 0.5) is 10.1 Å². The third-order valence-corrected chi connectivity index (χ3v) is 7.21. The van der Waals surface area contributed by atoms with Crippen LogP contribution in [-0.2, 0) is 15.0 Å². The minimum atomic E-state index is -3.49. The number of piperidine rings is 1. The van der Waals surface area contributed by atoms with Crippen LogP contribution in [0, 0.1) is 11.7 Å². The normalized spacial score (nSPS) is 22.3. The minimum absolute atomic E-state index is 0.0346. The van der Waals surface area contributed by atoms with Crippen LogP contribution in [-0.4, -0.2) is 81.2 Å². The molecule has 0 aromatic heterocycles. The standard InChI is InChI=1S/C18H27FN4O3S/c1-20(2)27(25,26)23-9-3-4-15(14-23)18(24)22-12-10-21(11-13-22)17-7-5-16(19)6-8-17/h5-8,15H,3-4,9-14H2,1-2H3/t15-/m1/s1. The van der Waals surface area contributed by atoms with Gasteiger partial charge in [-0.1, -0.05) is 0 Å². The number of piperazine rings is 1. The van der Waals surface area contributed by atoms with Gasteiger partial charge in [0.15, 0.2) is 0 Å². The lowest BCUT2D eigenvalue weighted by Gasteiger charge is -2.39. The molecule has 0 bridgehead atoms. The van der Waals surface area contributed by atoms with E-state index in [-0.39, 0.29) is 24.2 Å². The molecule has 1 atom stereocenters. The van der Waals surface area contributed by atoms with E-state index in [1.165, 1.54) is 34.8 Å². The Balaban J connectivity index is 1.58. The zero-order valence-electron chi connectivity index (χ0n) is 15.8. The molecule has 0 N–H and O–H groups in total. The van der Waals surface area contributed by atoms with Crippen LogP contribution in [0.1, 0.15) is 12.8 Å². The molecule has 0 aliphatic carbocycles. The average molecular weight is 399 g/mol. The Bertz CT molecular complexity index is 761. The number of halogens is 1. The summed E-state index contributed by atoms with van der Waals surface area (Å²) in [5.41, 5.74) is 0.949. The second-order valence-electron chi connectivity index (χ2n) is 7.28. The number of benzene rings is 1. The number of hydrogen-bond acceptors (Lipinski definition) is 4. The Morgan fingerprint density at radius 2 is 1.70 bits per heavy atom. The summed E-state index contributed by atoms with van der Waals surface area (Å²) in [6, 6.07) is 6.37. The zero-order chi connectivity index (χ0) is 19.6. The molecule has 0 radical (unpaired) electrons. The van der Waals surface area contributed by atoms with Gasteiger partial charge in [0, 0.05) is 59.1 Å². The van der Waals surface area contributed by atoms with E-state index in [2.05, 4.69) is 4.90 Å². The summed E-state index contributed by atoms with van der Waals surface area (Å²) in [6.45, 7) is 3.26. The molecular weight excluding hydrogens is 371 g/mol. The van der Waals surface area contributed by atoms with Crippen molar-refractivity contribution >= 4 is 21.8 Å². The molecule has 2 aliphatic rings. The van der Waals surface area contributed by atoms with E-state index in [0.717, 1.165) is 12.1 Å². The van der Waals surface area contributed by atoms with E-state index in [0.29, 0.717) is 39.1 Å². The Morgan fingerprint density at radius 3 is 2.30 bits per heavy atom. The molecule has 0 unspecified atom stereocenters. The predicted octanol–water partition coefficient (Wildman–Crippen LogP) is 0.993. The van der Waals surface area contributed by atoms with Crippen molar-refractivity contribution in [3.05, 3.63) is 30.1 Å². The van der Waals surface area contributed by atoms with Crippen LogP contribution in [0.25, 0.3) is 0 Å². The molecule has 27 heavy (non-hydrogen) atoms. The maximum Gasteiger partial charge on any atom is 0.281 e. The Morgan fingerprint density at radius 1 is 1.07 bits per heavy atom. The van der Waals surface area contributed by atoms with Crippen molar-refractivity contribution in [2.45, 2.75) is 12.8 Å². The Hall–Kier alpha value is -1.71. The third kappa shape index (κ3) is 4.41. The smallest absolute Gasteiger partial charge is 0.281 e. The van der Waals surface area contributed by atoms with Crippen molar-refractivity contribution in [3.63, 3.8) is 0 Å². The molecular formula is C18H27FN4O3S. The topological polar surface area (TPSA) is 64.2 Å². The predicted molar refractivity (Wildman–Crippen MR) is 102 cm³/mol. The number of rotatable bonds is 4. The van der Waals surface area contributed by atoms with Gasteiger partial charge < -0.3 is 9.80 Å². The van der Waals surface area contributed by atoms with Crippen LogP contribution in [0.2, 0.25) is 0 Å². The monoisotopic (exact) mass is 398 g/mol. The molecule has 2 aliphatic heterocycles. The number of nitrogens with zero attached hydrogens (tertiary/aromatic N) is 4. The minimum Gasteiger partial charge on any atom is -0.368 e. The summed E-state index contributed by atoms with van der Waals surface area (Å²) < 4.78 is 40.4. The highest BCUT2D eigenvalue weighted by molar-refractivity contribution is 7.86. The van der Waals surface area contributed by atoms with Gasteiger partial charge in [0.05, 0.1) is 5.92 Å². The van der Waals surface area contributed by atoms with Crippen molar-refractivity contribution in [2.75, 3.05) is 58.3 Å². The van der Waals surface area contributed by atoms with Crippen molar-refractivity contribution < 1.29 is 17.6 Å². The average Bonchev–Trinajstić information content (AvgIpc) is 2.68. The molecule has 2 fully saturated rings. The highest BCUT2D eigenvalue weighted by atomic mass is 32.2. The molecule has 0 saturated carbocycles. The van der Waals surface area contributed by atoms with Gasteiger partial charge in [-0.3, -0.25) is 4.79 Å². The second kappa shape index (κ2) is 8.12. The molecule has 2 heterocycles. The van der Waals surface area contributed by atoms with Crippen molar-refractivity contribution in [1.82, 2.24) is 13.5 Å². The van der Waals surface area contributed by atoms with Gasteiger partial charge in [-0.25, -0.2) is 4.39 Å². The molecule has 150 valence electrons.